The van der Waals surface area contributed by atoms with Gasteiger partial charge < -0.3 is 4.90 Å². The Morgan fingerprint density at radius 2 is 2.04 bits per heavy atom. The molecular formula is C20H25FN2O2S. The summed E-state index contributed by atoms with van der Waals surface area (Å²) in [5.41, 5.74) is 3.77. The van der Waals surface area contributed by atoms with Gasteiger partial charge in [-0.2, -0.15) is 0 Å². The Labute approximate surface area is 155 Å². The van der Waals surface area contributed by atoms with E-state index in [1.807, 2.05) is 0 Å². The van der Waals surface area contributed by atoms with Crippen LogP contribution in [-0.4, -0.2) is 28.1 Å². The van der Waals surface area contributed by atoms with Crippen molar-refractivity contribution in [2.24, 2.45) is 0 Å². The smallest absolute Gasteiger partial charge is 0.240 e. The Balaban J connectivity index is 1.63. The molecule has 0 saturated heterocycles. The molecule has 0 aromatic heterocycles. The number of nitrogens with zero attached hydrogens (tertiary/aromatic N) is 1. The van der Waals surface area contributed by atoms with Crippen molar-refractivity contribution >= 4 is 15.7 Å². The average molecular weight is 376 g/mol. The Morgan fingerprint density at radius 3 is 2.81 bits per heavy atom. The molecule has 2 aromatic rings. The molecule has 1 heterocycles. The first-order chi connectivity index (χ1) is 12.5. The summed E-state index contributed by atoms with van der Waals surface area (Å²) in [7, 11) is -3.68. The minimum Gasteiger partial charge on any atom is -0.371 e. The molecule has 0 unspecified atom stereocenters. The molecule has 0 spiro atoms. The highest BCUT2D eigenvalue weighted by atomic mass is 32.2. The van der Waals surface area contributed by atoms with Gasteiger partial charge in [0.15, 0.2) is 0 Å². The van der Waals surface area contributed by atoms with Crippen LogP contribution in [0.1, 0.15) is 30.9 Å². The number of halogens is 1. The lowest BCUT2D eigenvalue weighted by Crippen LogP contribution is -2.30. The highest BCUT2D eigenvalue weighted by molar-refractivity contribution is 7.89. The number of nitrogens with one attached hydrogen (secondary N) is 1. The fourth-order valence-corrected chi connectivity index (χ4v) is 4.50. The average Bonchev–Trinajstić information content (AvgIpc) is 2.62. The second-order valence-electron chi connectivity index (χ2n) is 6.66. The van der Waals surface area contributed by atoms with Crippen molar-refractivity contribution in [3.8, 4) is 0 Å². The number of benzene rings is 2. The van der Waals surface area contributed by atoms with Gasteiger partial charge in [0.05, 0.1) is 4.90 Å². The molecule has 1 aliphatic rings. The summed E-state index contributed by atoms with van der Waals surface area (Å²) in [6.45, 7) is 4.65. The monoisotopic (exact) mass is 376 g/mol. The number of fused-ring (bicyclic) bond motifs is 1. The molecule has 6 heteroatoms. The number of hydrogen-bond donors (Lipinski definition) is 1. The zero-order valence-corrected chi connectivity index (χ0v) is 15.9. The minimum atomic E-state index is -3.68. The number of anilines is 1. The predicted molar refractivity (Wildman–Crippen MR) is 103 cm³/mol. The molecule has 1 aliphatic heterocycles. The molecule has 4 nitrogen and oxygen atoms in total. The van der Waals surface area contributed by atoms with E-state index in [9.17, 15) is 12.8 Å². The van der Waals surface area contributed by atoms with E-state index in [0.717, 1.165) is 44.0 Å². The molecule has 2 aromatic carbocycles. The van der Waals surface area contributed by atoms with E-state index in [1.165, 1.54) is 29.4 Å². The van der Waals surface area contributed by atoms with Crippen LogP contribution < -0.4 is 9.62 Å². The number of rotatable bonds is 7. The van der Waals surface area contributed by atoms with Gasteiger partial charge in [-0.1, -0.05) is 25.1 Å². The fourth-order valence-electron chi connectivity index (χ4n) is 3.43. The fraction of sp³-hybridized carbons (Fsp3) is 0.400. The zero-order chi connectivity index (χ0) is 18.6. The van der Waals surface area contributed by atoms with Crippen molar-refractivity contribution in [3.63, 3.8) is 0 Å². The van der Waals surface area contributed by atoms with Crippen molar-refractivity contribution in [2.75, 3.05) is 24.5 Å². The van der Waals surface area contributed by atoms with Crippen molar-refractivity contribution < 1.29 is 12.8 Å². The van der Waals surface area contributed by atoms with Gasteiger partial charge in [-0.05, 0) is 61.1 Å². The normalized spacial score (nSPS) is 14.3. The summed E-state index contributed by atoms with van der Waals surface area (Å²) in [5, 5.41) is 0. The van der Waals surface area contributed by atoms with Crippen LogP contribution in [0.15, 0.2) is 47.4 Å². The van der Waals surface area contributed by atoms with E-state index in [1.54, 1.807) is 0 Å². The lowest BCUT2D eigenvalue weighted by molar-refractivity contribution is 0.577. The lowest BCUT2D eigenvalue weighted by Gasteiger charge is -2.31. The molecule has 0 bridgehead atoms. The number of sulfonamides is 1. The summed E-state index contributed by atoms with van der Waals surface area (Å²) in [4.78, 5) is 2.38. The molecule has 0 aliphatic carbocycles. The Bertz CT molecular complexity index is 868. The summed E-state index contributed by atoms with van der Waals surface area (Å²) in [6.07, 6.45) is 3.96. The van der Waals surface area contributed by atoms with Crippen LogP contribution >= 0.6 is 0 Å². The zero-order valence-electron chi connectivity index (χ0n) is 15.0. The van der Waals surface area contributed by atoms with Crippen molar-refractivity contribution in [2.45, 2.75) is 37.5 Å². The van der Waals surface area contributed by atoms with Crippen LogP contribution in [0.4, 0.5) is 10.1 Å². The van der Waals surface area contributed by atoms with Crippen molar-refractivity contribution in [1.82, 2.24) is 4.72 Å². The van der Waals surface area contributed by atoms with E-state index in [-0.39, 0.29) is 11.4 Å². The first-order valence-corrected chi connectivity index (χ1v) is 10.6. The molecule has 0 saturated carbocycles. The number of hydrogen-bond acceptors (Lipinski definition) is 3. The third-order valence-electron chi connectivity index (χ3n) is 4.66. The van der Waals surface area contributed by atoms with Crippen molar-refractivity contribution in [1.29, 1.82) is 0 Å². The van der Waals surface area contributed by atoms with E-state index in [0.29, 0.717) is 6.42 Å². The van der Waals surface area contributed by atoms with Crippen LogP contribution in [0.25, 0.3) is 0 Å². The highest BCUT2D eigenvalue weighted by Gasteiger charge is 2.17. The summed E-state index contributed by atoms with van der Waals surface area (Å²) >= 11 is 0. The minimum absolute atomic E-state index is 0.0434. The second kappa shape index (κ2) is 8.18. The van der Waals surface area contributed by atoms with Gasteiger partial charge >= 0.3 is 0 Å². The maximum Gasteiger partial charge on any atom is 0.240 e. The van der Waals surface area contributed by atoms with Gasteiger partial charge in [0.25, 0.3) is 0 Å². The SMILES string of the molecule is CCCN1CCCc2cc(CCNS(=O)(=O)c3cccc(F)c3)ccc21. The molecular weight excluding hydrogens is 351 g/mol. The topological polar surface area (TPSA) is 49.4 Å². The summed E-state index contributed by atoms with van der Waals surface area (Å²) in [5.74, 6) is -0.556. The molecule has 140 valence electrons. The Hall–Kier alpha value is -1.92. The maximum absolute atomic E-state index is 13.2. The van der Waals surface area contributed by atoms with E-state index in [2.05, 4.69) is 34.7 Å². The van der Waals surface area contributed by atoms with Gasteiger partial charge in [-0.15, -0.1) is 0 Å². The second-order valence-corrected chi connectivity index (χ2v) is 8.43. The highest BCUT2D eigenvalue weighted by Crippen LogP contribution is 2.28. The Kier molecular flexibility index (Phi) is 5.94. The molecule has 0 radical (unpaired) electrons. The van der Waals surface area contributed by atoms with E-state index in [4.69, 9.17) is 0 Å². The molecule has 0 fully saturated rings. The van der Waals surface area contributed by atoms with E-state index >= 15 is 0 Å². The van der Waals surface area contributed by atoms with Gasteiger partial charge in [0.2, 0.25) is 10.0 Å². The predicted octanol–water partition coefficient (Wildman–Crippen LogP) is 3.51. The Morgan fingerprint density at radius 1 is 1.19 bits per heavy atom. The van der Waals surface area contributed by atoms with Crippen LogP contribution in [0, 0.1) is 5.82 Å². The van der Waals surface area contributed by atoms with E-state index < -0.39 is 15.8 Å². The molecule has 0 atom stereocenters. The van der Waals surface area contributed by atoms with Crippen LogP contribution in [0.2, 0.25) is 0 Å². The van der Waals surface area contributed by atoms with Crippen LogP contribution in [0.3, 0.4) is 0 Å². The van der Waals surface area contributed by atoms with Gasteiger partial charge in [-0.25, -0.2) is 17.5 Å². The molecule has 0 amide bonds. The first kappa shape index (κ1) is 18.9. The summed E-state index contributed by atoms with van der Waals surface area (Å²) in [6, 6.07) is 11.5. The van der Waals surface area contributed by atoms with Crippen LogP contribution in [0.5, 0.6) is 0 Å². The van der Waals surface area contributed by atoms with Gasteiger partial charge in [-0.3, -0.25) is 0 Å². The van der Waals surface area contributed by atoms with Gasteiger partial charge in [0, 0.05) is 25.3 Å². The van der Waals surface area contributed by atoms with Gasteiger partial charge in [0.1, 0.15) is 5.82 Å². The lowest BCUT2D eigenvalue weighted by atomic mass is 9.98. The first-order valence-electron chi connectivity index (χ1n) is 9.11. The molecule has 3 rings (SSSR count). The third-order valence-corrected chi connectivity index (χ3v) is 6.12. The van der Waals surface area contributed by atoms with Crippen LogP contribution in [-0.2, 0) is 22.9 Å². The summed E-state index contributed by atoms with van der Waals surface area (Å²) < 4.78 is 40.3. The van der Waals surface area contributed by atoms with Crippen molar-refractivity contribution in [3.05, 3.63) is 59.4 Å². The largest absolute Gasteiger partial charge is 0.371 e. The maximum atomic E-state index is 13.2. The molecule has 1 N–H and O–H groups in total. The quantitative estimate of drug-likeness (QED) is 0.804. The standard InChI is InChI=1S/C20H25FN2O2S/c1-2-12-23-13-4-5-17-14-16(8-9-20(17)23)10-11-22-26(24,25)19-7-3-6-18(21)15-19/h3,6-9,14-15,22H,2,4-5,10-13H2,1H3. The molecule has 26 heavy (non-hydrogen) atoms. The number of aryl methyl sites for hydroxylation is 1. The third kappa shape index (κ3) is 4.43.